The van der Waals surface area contributed by atoms with E-state index in [0.717, 1.165) is 6.42 Å². The molecule has 0 aliphatic carbocycles. The number of hydrogen-bond donors (Lipinski definition) is 1. The minimum atomic E-state index is -0.649. The number of aliphatic hydroxyl groups is 1. The fourth-order valence-electron chi connectivity index (χ4n) is 1.62. The third-order valence-electron chi connectivity index (χ3n) is 2.57. The van der Waals surface area contributed by atoms with Crippen LogP contribution in [-0.4, -0.2) is 5.11 Å². The fraction of sp³-hybridized carbons (Fsp3) is 0.231. The predicted octanol–water partition coefficient (Wildman–Crippen LogP) is 4.21. The topological polar surface area (TPSA) is 20.2 Å². The largest absolute Gasteiger partial charge is 0.388 e. The summed E-state index contributed by atoms with van der Waals surface area (Å²) in [7, 11) is 0. The molecule has 0 amide bonds. The van der Waals surface area contributed by atoms with Crippen molar-refractivity contribution in [2.24, 2.45) is 0 Å². The van der Waals surface area contributed by atoms with Crippen LogP contribution in [0.2, 0.25) is 5.02 Å². The van der Waals surface area contributed by atoms with Crippen molar-refractivity contribution in [2.45, 2.75) is 18.9 Å². The van der Waals surface area contributed by atoms with Crippen LogP contribution < -0.4 is 0 Å². The summed E-state index contributed by atoms with van der Waals surface area (Å²) in [5, 5.41) is 12.0. The zero-order chi connectivity index (χ0) is 12.3. The molecule has 0 spiro atoms. The van der Waals surface area contributed by atoms with E-state index in [0.29, 0.717) is 12.0 Å². The molecule has 0 aliphatic rings. The van der Waals surface area contributed by atoms with Crippen LogP contribution >= 0.6 is 22.9 Å². The van der Waals surface area contributed by atoms with Gasteiger partial charge in [-0.3, -0.25) is 0 Å². The molecular weight excluding hydrogens is 259 g/mol. The molecular formula is C13H12ClFOS. The maximum absolute atomic E-state index is 13.2. The normalized spacial score (nSPS) is 12.6. The Morgan fingerprint density at radius 2 is 2.18 bits per heavy atom. The molecule has 0 saturated heterocycles. The van der Waals surface area contributed by atoms with Gasteiger partial charge in [0, 0.05) is 4.88 Å². The second-order valence-electron chi connectivity index (χ2n) is 3.81. The molecule has 1 heterocycles. The number of halogens is 2. The van der Waals surface area contributed by atoms with Crippen molar-refractivity contribution in [1.82, 2.24) is 0 Å². The second kappa shape index (κ2) is 5.63. The average molecular weight is 271 g/mol. The summed E-state index contributed by atoms with van der Waals surface area (Å²) in [4.78, 5) is 1.22. The summed E-state index contributed by atoms with van der Waals surface area (Å²) in [6, 6.07) is 8.43. The summed E-state index contributed by atoms with van der Waals surface area (Å²) >= 11 is 7.25. The van der Waals surface area contributed by atoms with Crippen LogP contribution in [0.25, 0.3) is 0 Å². The third-order valence-corrected chi connectivity index (χ3v) is 3.82. The van der Waals surface area contributed by atoms with E-state index >= 15 is 0 Å². The van der Waals surface area contributed by atoms with Crippen LogP contribution in [0.4, 0.5) is 4.39 Å². The molecule has 1 nitrogen and oxygen atoms in total. The smallest absolute Gasteiger partial charge is 0.142 e. The molecule has 1 N–H and O–H groups in total. The molecule has 0 fully saturated rings. The Morgan fingerprint density at radius 1 is 1.35 bits per heavy atom. The lowest BCUT2D eigenvalue weighted by Gasteiger charge is -2.10. The molecule has 2 rings (SSSR count). The first-order valence-corrected chi connectivity index (χ1v) is 6.58. The zero-order valence-corrected chi connectivity index (χ0v) is 10.6. The SMILES string of the molecule is OC(CCc1cccs1)c1ccc(Cl)c(F)c1. The molecule has 2 aromatic rings. The zero-order valence-electron chi connectivity index (χ0n) is 9.07. The van der Waals surface area contributed by atoms with Crippen LogP contribution in [0, 0.1) is 5.82 Å². The van der Waals surface area contributed by atoms with Crippen molar-refractivity contribution >= 4 is 22.9 Å². The fourth-order valence-corrected chi connectivity index (χ4v) is 2.46. The molecule has 1 aromatic heterocycles. The highest BCUT2D eigenvalue weighted by Crippen LogP contribution is 2.24. The van der Waals surface area contributed by atoms with Crippen molar-refractivity contribution in [3.05, 3.63) is 57.0 Å². The Hall–Kier alpha value is -0.900. The number of rotatable bonds is 4. The van der Waals surface area contributed by atoms with Crippen molar-refractivity contribution in [3.8, 4) is 0 Å². The Morgan fingerprint density at radius 3 is 2.82 bits per heavy atom. The Bertz CT molecular complexity index is 484. The summed E-state index contributed by atoms with van der Waals surface area (Å²) in [6.45, 7) is 0. The van der Waals surface area contributed by atoms with E-state index in [1.165, 1.54) is 17.0 Å². The van der Waals surface area contributed by atoms with Gasteiger partial charge in [0.1, 0.15) is 5.82 Å². The van der Waals surface area contributed by atoms with E-state index < -0.39 is 11.9 Å². The first-order chi connectivity index (χ1) is 8.16. The monoisotopic (exact) mass is 270 g/mol. The number of thiophene rings is 1. The van der Waals surface area contributed by atoms with Crippen LogP contribution in [-0.2, 0) is 6.42 Å². The molecule has 1 aromatic carbocycles. The first-order valence-electron chi connectivity index (χ1n) is 5.32. The molecule has 0 aliphatic heterocycles. The van der Waals surface area contributed by atoms with Crippen LogP contribution in [0.15, 0.2) is 35.7 Å². The minimum Gasteiger partial charge on any atom is -0.388 e. The Kier molecular flexibility index (Phi) is 4.15. The number of aliphatic hydroxyl groups excluding tert-OH is 1. The van der Waals surface area contributed by atoms with Gasteiger partial charge in [-0.1, -0.05) is 23.7 Å². The van der Waals surface area contributed by atoms with E-state index in [1.54, 1.807) is 17.4 Å². The highest BCUT2D eigenvalue weighted by Gasteiger charge is 2.10. The lowest BCUT2D eigenvalue weighted by molar-refractivity contribution is 0.167. The van der Waals surface area contributed by atoms with E-state index in [4.69, 9.17) is 11.6 Å². The van der Waals surface area contributed by atoms with Gasteiger partial charge in [-0.05, 0) is 42.0 Å². The van der Waals surface area contributed by atoms with E-state index in [9.17, 15) is 9.50 Å². The van der Waals surface area contributed by atoms with Crippen molar-refractivity contribution in [2.75, 3.05) is 0 Å². The quantitative estimate of drug-likeness (QED) is 0.882. The van der Waals surface area contributed by atoms with E-state index in [-0.39, 0.29) is 5.02 Å². The summed E-state index contributed by atoms with van der Waals surface area (Å²) in [5.41, 5.74) is 0.573. The molecule has 0 saturated carbocycles. The van der Waals surface area contributed by atoms with Gasteiger partial charge in [0.15, 0.2) is 0 Å². The third kappa shape index (κ3) is 3.28. The van der Waals surface area contributed by atoms with E-state index in [1.807, 2.05) is 17.5 Å². The van der Waals surface area contributed by atoms with Gasteiger partial charge in [-0.25, -0.2) is 4.39 Å². The van der Waals surface area contributed by atoms with Crippen molar-refractivity contribution in [3.63, 3.8) is 0 Å². The summed E-state index contributed by atoms with van der Waals surface area (Å²) < 4.78 is 13.2. The average Bonchev–Trinajstić information content (AvgIpc) is 2.82. The van der Waals surface area contributed by atoms with Gasteiger partial charge in [0.2, 0.25) is 0 Å². The summed E-state index contributed by atoms with van der Waals surface area (Å²) in [5.74, 6) is -0.487. The highest BCUT2D eigenvalue weighted by atomic mass is 35.5. The molecule has 1 unspecified atom stereocenters. The molecule has 1 atom stereocenters. The highest BCUT2D eigenvalue weighted by molar-refractivity contribution is 7.09. The number of benzene rings is 1. The number of aryl methyl sites for hydroxylation is 1. The van der Waals surface area contributed by atoms with Gasteiger partial charge in [0.25, 0.3) is 0 Å². The van der Waals surface area contributed by atoms with Crippen LogP contribution in [0.1, 0.15) is 23.0 Å². The van der Waals surface area contributed by atoms with Crippen molar-refractivity contribution < 1.29 is 9.50 Å². The van der Waals surface area contributed by atoms with Gasteiger partial charge in [-0.15, -0.1) is 11.3 Å². The molecule has 17 heavy (non-hydrogen) atoms. The maximum Gasteiger partial charge on any atom is 0.142 e. The van der Waals surface area contributed by atoms with Gasteiger partial charge in [-0.2, -0.15) is 0 Å². The lowest BCUT2D eigenvalue weighted by atomic mass is 10.0. The minimum absolute atomic E-state index is 0.0826. The molecule has 4 heteroatoms. The molecule has 0 bridgehead atoms. The lowest BCUT2D eigenvalue weighted by Crippen LogP contribution is -1.99. The Balaban J connectivity index is 1.99. The standard InChI is InChI=1S/C13H12ClFOS/c14-11-5-3-9(8-12(11)15)13(16)6-4-10-2-1-7-17-10/h1-3,5,7-8,13,16H,4,6H2. The van der Waals surface area contributed by atoms with E-state index in [2.05, 4.69) is 0 Å². The second-order valence-corrected chi connectivity index (χ2v) is 5.25. The van der Waals surface area contributed by atoms with Crippen molar-refractivity contribution in [1.29, 1.82) is 0 Å². The molecule has 90 valence electrons. The summed E-state index contributed by atoms with van der Waals surface area (Å²) in [6.07, 6.45) is 0.730. The maximum atomic E-state index is 13.2. The Labute approximate surface area is 108 Å². The predicted molar refractivity (Wildman–Crippen MR) is 69.0 cm³/mol. The first kappa shape index (κ1) is 12.6. The van der Waals surface area contributed by atoms with Gasteiger partial charge < -0.3 is 5.11 Å². The molecule has 0 radical (unpaired) electrons. The number of hydrogen-bond acceptors (Lipinski definition) is 2. The van der Waals surface area contributed by atoms with Gasteiger partial charge >= 0.3 is 0 Å². The van der Waals surface area contributed by atoms with Gasteiger partial charge in [0.05, 0.1) is 11.1 Å². The van der Waals surface area contributed by atoms with Crippen LogP contribution in [0.3, 0.4) is 0 Å². The van der Waals surface area contributed by atoms with Crippen LogP contribution in [0.5, 0.6) is 0 Å².